The number of para-hydroxylation sites is 1. The Balaban J connectivity index is 2.55. The smallest absolute Gasteiger partial charge is 0.130 e. The van der Waals surface area contributed by atoms with Crippen molar-refractivity contribution in [1.29, 1.82) is 0 Å². The van der Waals surface area contributed by atoms with Gasteiger partial charge in [-0.3, -0.25) is 0 Å². The van der Waals surface area contributed by atoms with E-state index in [0.29, 0.717) is 11.5 Å². The summed E-state index contributed by atoms with van der Waals surface area (Å²) < 4.78 is 1.64. The van der Waals surface area contributed by atoms with Crippen molar-refractivity contribution in [3.63, 3.8) is 0 Å². The van der Waals surface area contributed by atoms with Crippen LogP contribution in [-0.2, 0) is 6.61 Å². The molecule has 0 fully saturated rings. The van der Waals surface area contributed by atoms with Gasteiger partial charge in [-0.1, -0.05) is 18.2 Å². The van der Waals surface area contributed by atoms with Gasteiger partial charge in [0.25, 0.3) is 0 Å². The molecule has 78 valence electrons. The summed E-state index contributed by atoms with van der Waals surface area (Å²) in [5.74, 6) is 0.574. The number of nitrogens with two attached hydrogens (primary N) is 1. The first-order valence-corrected chi connectivity index (χ1v) is 4.74. The lowest BCUT2D eigenvalue weighted by Gasteiger charge is -2.02. The van der Waals surface area contributed by atoms with Gasteiger partial charge in [0.1, 0.15) is 5.82 Å². The molecule has 0 aliphatic carbocycles. The third kappa shape index (κ3) is 1.59. The second-order valence-electron chi connectivity index (χ2n) is 3.36. The van der Waals surface area contributed by atoms with E-state index in [0.717, 1.165) is 11.3 Å². The Bertz CT molecular complexity index is 462. The van der Waals surface area contributed by atoms with Gasteiger partial charge in [0, 0.05) is 5.56 Å². The molecule has 2 rings (SSSR count). The second kappa shape index (κ2) is 3.74. The zero-order valence-electron chi connectivity index (χ0n) is 8.51. The number of aromatic nitrogens is 2. The number of hydrogen-bond donors (Lipinski definition) is 2. The summed E-state index contributed by atoms with van der Waals surface area (Å²) in [4.78, 5) is 0. The molecule has 0 spiro atoms. The quantitative estimate of drug-likeness (QED) is 0.772. The van der Waals surface area contributed by atoms with Gasteiger partial charge in [-0.05, 0) is 19.1 Å². The number of aliphatic hydroxyl groups is 1. The minimum absolute atomic E-state index is 0.0874. The highest BCUT2D eigenvalue weighted by Gasteiger charge is 2.11. The number of aliphatic hydroxyl groups excluding tert-OH is 1. The fraction of sp³-hybridized carbons (Fsp3) is 0.182. The Hall–Kier alpha value is -1.81. The van der Waals surface area contributed by atoms with Crippen LogP contribution in [0.4, 0.5) is 5.82 Å². The minimum atomic E-state index is -0.0874. The molecule has 4 nitrogen and oxygen atoms in total. The average molecular weight is 203 g/mol. The minimum Gasteiger partial charge on any atom is -0.390 e. The summed E-state index contributed by atoms with van der Waals surface area (Å²) in [5, 5.41) is 13.3. The molecule has 0 unspecified atom stereocenters. The van der Waals surface area contributed by atoms with E-state index in [-0.39, 0.29) is 6.61 Å². The maximum Gasteiger partial charge on any atom is 0.130 e. The number of benzene rings is 1. The topological polar surface area (TPSA) is 64.1 Å². The van der Waals surface area contributed by atoms with Gasteiger partial charge in [-0.25, -0.2) is 4.68 Å². The Morgan fingerprint density at radius 2 is 2.00 bits per heavy atom. The van der Waals surface area contributed by atoms with Crippen LogP contribution in [0.3, 0.4) is 0 Å². The number of nitrogen functional groups attached to an aromatic ring is 1. The Morgan fingerprint density at radius 3 is 2.53 bits per heavy atom. The van der Waals surface area contributed by atoms with Gasteiger partial charge in [0.2, 0.25) is 0 Å². The van der Waals surface area contributed by atoms with E-state index in [9.17, 15) is 0 Å². The molecule has 0 bridgehead atoms. The molecule has 1 aromatic carbocycles. The molecule has 0 aliphatic rings. The van der Waals surface area contributed by atoms with E-state index in [1.54, 1.807) is 4.68 Å². The molecule has 1 aromatic heterocycles. The highest BCUT2D eigenvalue weighted by Crippen LogP contribution is 2.19. The highest BCUT2D eigenvalue weighted by atomic mass is 16.3. The van der Waals surface area contributed by atoms with Crippen LogP contribution < -0.4 is 5.73 Å². The fourth-order valence-electron chi connectivity index (χ4n) is 1.47. The molecule has 15 heavy (non-hydrogen) atoms. The molecule has 0 amide bonds. The molecular formula is C11H13N3O. The van der Waals surface area contributed by atoms with Gasteiger partial charge in [0.15, 0.2) is 0 Å². The number of anilines is 1. The molecule has 0 aliphatic heterocycles. The largest absolute Gasteiger partial charge is 0.390 e. The summed E-state index contributed by atoms with van der Waals surface area (Å²) in [7, 11) is 0. The second-order valence-corrected chi connectivity index (χ2v) is 3.36. The Kier molecular flexibility index (Phi) is 2.43. The van der Waals surface area contributed by atoms with Crippen LogP contribution in [0.15, 0.2) is 30.3 Å². The van der Waals surface area contributed by atoms with Crippen LogP contribution in [0, 0.1) is 6.92 Å². The first kappa shape index (κ1) is 9.73. The lowest BCUT2D eigenvalue weighted by atomic mass is 10.2. The summed E-state index contributed by atoms with van der Waals surface area (Å²) >= 11 is 0. The molecule has 0 atom stereocenters. The van der Waals surface area contributed by atoms with Crippen LogP contribution in [0.2, 0.25) is 0 Å². The van der Waals surface area contributed by atoms with Crippen LogP contribution in [-0.4, -0.2) is 14.9 Å². The van der Waals surface area contributed by atoms with Gasteiger partial charge in [-0.15, -0.1) is 0 Å². The predicted molar refractivity (Wildman–Crippen MR) is 58.6 cm³/mol. The zero-order valence-corrected chi connectivity index (χ0v) is 8.51. The first-order valence-electron chi connectivity index (χ1n) is 4.74. The van der Waals surface area contributed by atoms with Crippen LogP contribution in [0.25, 0.3) is 5.69 Å². The molecule has 0 saturated carbocycles. The van der Waals surface area contributed by atoms with Gasteiger partial charge >= 0.3 is 0 Å². The lowest BCUT2D eigenvalue weighted by Crippen LogP contribution is -2.01. The fourth-order valence-corrected chi connectivity index (χ4v) is 1.47. The summed E-state index contributed by atoms with van der Waals surface area (Å²) in [6, 6.07) is 9.62. The average Bonchev–Trinajstić information content (AvgIpc) is 2.57. The lowest BCUT2D eigenvalue weighted by molar-refractivity contribution is 0.275. The summed E-state index contributed by atoms with van der Waals surface area (Å²) in [6.07, 6.45) is 0. The van der Waals surface area contributed by atoms with Crippen molar-refractivity contribution in [3.8, 4) is 5.69 Å². The van der Waals surface area contributed by atoms with E-state index in [1.807, 2.05) is 37.3 Å². The van der Waals surface area contributed by atoms with Gasteiger partial charge in [-0.2, -0.15) is 5.10 Å². The number of rotatable bonds is 2. The van der Waals surface area contributed by atoms with Crippen molar-refractivity contribution in [3.05, 3.63) is 41.6 Å². The summed E-state index contributed by atoms with van der Waals surface area (Å²) in [6.45, 7) is 1.77. The molecule has 3 N–H and O–H groups in total. The molecule has 4 heteroatoms. The van der Waals surface area contributed by atoms with Crippen molar-refractivity contribution in [2.45, 2.75) is 13.5 Å². The standard InChI is InChI=1S/C11H13N3O/c1-8-10(7-15)13-14(11(8)12)9-5-3-2-4-6-9/h2-6,15H,7,12H2,1H3. The summed E-state index contributed by atoms with van der Waals surface area (Å²) in [5.41, 5.74) is 8.26. The van der Waals surface area contributed by atoms with E-state index in [1.165, 1.54) is 0 Å². The van der Waals surface area contributed by atoms with E-state index < -0.39 is 0 Å². The van der Waals surface area contributed by atoms with Crippen molar-refractivity contribution in [1.82, 2.24) is 9.78 Å². The molecule has 2 aromatic rings. The van der Waals surface area contributed by atoms with Crippen LogP contribution >= 0.6 is 0 Å². The van der Waals surface area contributed by atoms with Crippen molar-refractivity contribution >= 4 is 5.82 Å². The third-order valence-corrected chi connectivity index (χ3v) is 2.42. The van der Waals surface area contributed by atoms with E-state index >= 15 is 0 Å². The number of hydrogen-bond acceptors (Lipinski definition) is 3. The van der Waals surface area contributed by atoms with E-state index in [4.69, 9.17) is 10.8 Å². The monoisotopic (exact) mass is 203 g/mol. The zero-order chi connectivity index (χ0) is 10.8. The Labute approximate surface area is 88.0 Å². The third-order valence-electron chi connectivity index (χ3n) is 2.42. The maximum atomic E-state index is 9.07. The van der Waals surface area contributed by atoms with Crippen molar-refractivity contribution in [2.75, 3.05) is 5.73 Å². The SMILES string of the molecule is Cc1c(CO)nn(-c2ccccc2)c1N. The van der Waals surface area contributed by atoms with Gasteiger partial charge < -0.3 is 10.8 Å². The maximum absolute atomic E-state index is 9.07. The highest BCUT2D eigenvalue weighted by molar-refractivity contribution is 5.49. The van der Waals surface area contributed by atoms with Crippen molar-refractivity contribution in [2.24, 2.45) is 0 Å². The molecule has 0 radical (unpaired) electrons. The predicted octanol–water partition coefficient (Wildman–Crippen LogP) is 1.26. The van der Waals surface area contributed by atoms with E-state index in [2.05, 4.69) is 5.10 Å². The first-order chi connectivity index (χ1) is 7.24. The molecule has 0 saturated heterocycles. The Morgan fingerprint density at radius 1 is 1.33 bits per heavy atom. The van der Waals surface area contributed by atoms with Crippen molar-refractivity contribution < 1.29 is 5.11 Å². The molecule has 1 heterocycles. The normalized spacial score (nSPS) is 10.5. The van der Waals surface area contributed by atoms with Crippen LogP contribution in [0.1, 0.15) is 11.3 Å². The van der Waals surface area contributed by atoms with Crippen LogP contribution in [0.5, 0.6) is 0 Å². The van der Waals surface area contributed by atoms with Gasteiger partial charge in [0.05, 0.1) is 18.0 Å². The number of nitrogens with zero attached hydrogens (tertiary/aromatic N) is 2. The molecular weight excluding hydrogens is 190 g/mol.